The quantitative estimate of drug-likeness (QED) is 0.573. The fourth-order valence-electron chi connectivity index (χ4n) is 1.47. The second kappa shape index (κ2) is 7.33. The maximum atomic E-state index is 13.5. The first kappa shape index (κ1) is 17.3. The van der Waals surface area contributed by atoms with E-state index in [-0.39, 0.29) is 22.0 Å². The third kappa shape index (κ3) is 5.72. The van der Waals surface area contributed by atoms with Gasteiger partial charge in [0.2, 0.25) is 10.0 Å². The van der Waals surface area contributed by atoms with Gasteiger partial charge in [-0.15, -0.1) is 0 Å². The van der Waals surface area contributed by atoms with Gasteiger partial charge in [-0.05, 0) is 35.0 Å². The molecule has 0 unspecified atom stereocenters. The topological polar surface area (TPSA) is 58.2 Å². The van der Waals surface area contributed by atoms with E-state index in [1.807, 2.05) is 13.8 Å². The Kier molecular flexibility index (Phi) is 6.35. The lowest BCUT2D eigenvalue weighted by Crippen LogP contribution is -2.26. The first-order chi connectivity index (χ1) is 9.21. The highest BCUT2D eigenvalue weighted by Crippen LogP contribution is 2.24. The van der Waals surface area contributed by atoms with Crippen LogP contribution in [-0.4, -0.2) is 26.8 Å². The van der Waals surface area contributed by atoms with Crippen molar-refractivity contribution in [1.29, 1.82) is 0 Å². The summed E-state index contributed by atoms with van der Waals surface area (Å²) in [6.45, 7) is 4.44. The molecule has 1 aromatic carbocycles. The van der Waals surface area contributed by atoms with Crippen LogP contribution in [0.1, 0.15) is 20.3 Å². The van der Waals surface area contributed by atoms with Crippen LogP contribution in [-0.2, 0) is 10.0 Å². The Hall–Kier alpha value is -0.730. The summed E-state index contributed by atoms with van der Waals surface area (Å²) >= 11 is 2.82. The van der Waals surface area contributed by atoms with E-state index >= 15 is 0 Å². The minimum absolute atomic E-state index is 0.0564. The van der Waals surface area contributed by atoms with Crippen molar-refractivity contribution >= 4 is 31.6 Å². The third-order valence-electron chi connectivity index (χ3n) is 2.42. The zero-order chi connectivity index (χ0) is 15.3. The van der Waals surface area contributed by atoms with E-state index in [2.05, 4.69) is 26.0 Å². The van der Waals surface area contributed by atoms with Crippen LogP contribution in [0, 0.1) is 11.6 Å². The molecular weight excluding hydrogens is 354 g/mol. The highest BCUT2D eigenvalue weighted by molar-refractivity contribution is 9.10. The molecule has 20 heavy (non-hydrogen) atoms. The number of hydrogen-bond acceptors (Lipinski definition) is 3. The Balaban J connectivity index is 2.65. The molecule has 1 rings (SSSR count). The molecular formula is C12H17BrF2N2O2S. The van der Waals surface area contributed by atoms with E-state index in [9.17, 15) is 17.2 Å². The highest BCUT2D eigenvalue weighted by Gasteiger charge is 2.15. The van der Waals surface area contributed by atoms with Gasteiger partial charge in [-0.25, -0.2) is 17.2 Å². The zero-order valence-corrected chi connectivity index (χ0v) is 13.6. The highest BCUT2D eigenvalue weighted by atomic mass is 79.9. The predicted molar refractivity (Wildman–Crippen MR) is 79.2 cm³/mol. The summed E-state index contributed by atoms with van der Waals surface area (Å²) in [4.78, 5) is 0. The Morgan fingerprint density at radius 2 is 1.90 bits per heavy atom. The fourth-order valence-corrected chi connectivity index (χ4v) is 2.91. The number of halogens is 3. The molecule has 0 radical (unpaired) electrons. The van der Waals surface area contributed by atoms with Crippen LogP contribution in [0.2, 0.25) is 0 Å². The number of sulfonamides is 1. The molecule has 0 aliphatic carbocycles. The Bertz CT molecular complexity index is 565. The van der Waals surface area contributed by atoms with Crippen molar-refractivity contribution in [3.8, 4) is 0 Å². The molecule has 0 saturated heterocycles. The van der Waals surface area contributed by atoms with Gasteiger partial charge in [-0.1, -0.05) is 13.8 Å². The number of rotatable bonds is 7. The largest absolute Gasteiger partial charge is 0.314 e. The average molecular weight is 371 g/mol. The molecule has 0 saturated carbocycles. The third-order valence-corrected chi connectivity index (χ3v) is 4.38. The van der Waals surface area contributed by atoms with Crippen molar-refractivity contribution in [1.82, 2.24) is 5.32 Å². The van der Waals surface area contributed by atoms with Gasteiger partial charge in [0, 0.05) is 12.1 Å². The lowest BCUT2D eigenvalue weighted by atomic mass is 10.3. The molecule has 0 atom stereocenters. The van der Waals surface area contributed by atoms with Crippen LogP contribution >= 0.6 is 15.9 Å². The number of hydrogen-bond donors (Lipinski definition) is 2. The maximum Gasteiger partial charge on any atom is 0.232 e. The Labute approximate surface area is 126 Å². The molecule has 8 heteroatoms. The summed E-state index contributed by atoms with van der Waals surface area (Å²) in [5.41, 5.74) is -0.387. The van der Waals surface area contributed by atoms with E-state index in [1.165, 1.54) is 0 Å². The second-order valence-corrected chi connectivity index (χ2v) is 7.33. The zero-order valence-electron chi connectivity index (χ0n) is 11.2. The Morgan fingerprint density at radius 1 is 1.25 bits per heavy atom. The fraction of sp³-hybridized carbons (Fsp3) is 0.500. The summed E-state index contributed by atoms with van der Waals surface area (Å²) in [6.07, 6.45) is 0.383. The van der Waals surface area contributed by atoms with Crippen molar-refractivity contribution in [2.24, 2.45) is 0 Å². The standard InChI is InChI=1S/C12H17BrF2N2O2S/c1-8(2)16-4-3-5-20(18,19)17-12-7-10(14)9(13)6-11(12)15/h6-8,16-17H,3-5H2,1-2H3. The number of benzene rings is 1. The summed E-state index contributed by atoms with van der Waals surface area (Å²) in [6, 6.07) is 1.96. The predicted octanol–water partition coefficient (Wildman–Crippen LogP) is 2.86. The molecule has 0 fully saturated rings. The SMILES string of the molecule is CC(C)NCCCS(=O)(=O)Nc1cc(F)c(Br)cc1F. The van der Waals surface area contributed by atoms with E-state index in [4.69, 9.17) is 0 Å². The molecule has 0 heterocycles. The first-order valence-corrected chi connectivity index (χ1v) is 8.54. The van der Waals surface area contributed by atoms with Gasteiger partial charge in [0.25, 0.3) is 0 Å². The van der Waals surface area contributed by atoms with Crippen molar-refractivity contribution in [3.63, 3.8) is 0 Å². The molecule has 0 amide bonds. The lowest BCUT2D eigenvalue weighted by molar-refractivity contribution is 0.570. The molecule has 0 aliphatic rings. The number of anilines is 1. The summed E-state index contributed by atoms with van der Waals surface area (Å²) in [5.74, 6) is -1.73. The van der Waals surface area contributed by atoms with Crippen molar-refractivity contribution < 1.29 is 17.2 Å². The van der Waals surface area contributed by atoms with E-state index in [0.717, 1.165) is 12.1 Å². The molecule has 0 bridgehead atoms. The summed E-state index contributed by atoms with van der Waals surface area (Å²) in [7, 11) is -3.70. The molecule has 2 N–H and O–H groups in total. The van der Waals surface area contributed by atoms with Gasteiger partial charge in [0.1, 0.15) is 11.6 Å². The van der Waals surface area contributed by atoms with E-state index in [0.29, 0.717) is 13.0 Å². The molecule has 0 aliphatic heterocycles. The maximum absolute atomic E-state index is 13.5. The monoisotopic (exact) mass is 370 g/mol. The average Bonchev–Trinajstić information content (AvgIpc) is 2.31. The Morgan fingerprint density at radius 3 is 2.50 bits per heavy atom. The molecule has 1 aromatic rings. The molecule has 114 valence electrons. The van der Waals surface area contributed by atoms with Gasteiger partial charge in [0.05, 0.1) is 15.9 Å². The summed E-state index contributed by atoms with van der Waals surface area (Å²) in [5, 5.41) is 3.08. The summed E-state index contributed by atoms with van der Waals surface area (Å²) < 4.78 is 52.3. The van der Waals surface area contributed by atoms with Crippen LogP contribution in [0.4, 0.5) is 14.5 Å². The van der Waals surface area contributed by atoms with E-state index in [1.54, 1.807) is 0 Å². The van der Waals surface area contributed by atoms with Crippen LogP contribution in [0.5, 0.6) is 0 Å². The minimum atomic E-state index is -3.70. The van der Waals surface area contributed by atoms with Crippen LogP contribution in [0.15, 0.2) is 16.6 Å². The van der Waals surface area contributed by atoms with Crippen LogP contribution in [0.3, 0.4) is 0 Å². The minimum Gasteiger partial charge on any atom is -0.314 e. The van der Waals surface area contributed by atoms with Gasteiger partial charge in [-0.2, -0.15) is 0 Å². The smallest absolute Gasteiger partial charge is 0.232 e. The van der Waals surface area contributed by atoms with Gasteiger partial charge >= 0.3 is 0 Å². The second-order valence-electron chi connectivity index (χ2n) is 4.63. The van der Waals surface area contributed by atoms with Crippen LogP contribution < -0.4 is 10.0 Å². The van der Waals surface area contributed by atoms with Gasteiger partial charge in [-0.3, -0.25) is 4.72 Å². The molecule has 4 nitrogen and oxygen atoms in total. The van der Waals surface area contributed by atoms with Gasteiger partial charge in [0.15, 0.2) is 0 Å². The van der Waals surface area contributed by atoms with Crippen molar-refractivity contribution in [2.75, 3.05) is 17.0 Å². The first-order valence-electron chi connectivity index (χ1n) is 6.09. The van der Waals surface area contributed by atoms with Crippen LogP contribution in [0.25, 0.3) is 0 Å². The number of nitrogens with one attached hydrogen (secondary N) is 2. The van der Waals surface area contributed by atoms with Crippen molar-refractivity contribution in [2.45, 2.75) is 26.3 Å². The normalized spacial score (nSPS) is 11.9. The van der Waals surface area contributed by atoms with Crippen molar-refractivity contribution in [3.05, 3.63) is 28.2 Å². The van der Waals surface area contributed by atoms with Gasteiger partial charge < -0.3 is 5.32 Å². The van der Waals surface area contributed by atoms with E-state index < -0.39 is 21.7 Å². The lowest BCUT2D eigenvalue weighted by Gasteiger charge is -2.11. The molecule has 0 spiro atoms. The molecule has 0 aromatic heterocycles.